The molecule has 1 aliphatic carbocycles. The molecule has 0 fully saturated rings. The molecule has 1 aliphatic heterocycles. The molecule has 4 heterocycles. The number of hydrogen-bond donors (Lipinski definition) is 0. The molecule has 0 N–H and O–H groups in total. The van der Waals surface area contributed by atoms with Crippen molar-refractivity contribution in [2.75, 3.05) is 0 Å². The Morgan fingerprint density at radius 1 is 0.491 bits per heavy atom. The van der Waals surface area contributed by atoms with Crippen molar-refractivity contribution in [3.8, 4) is 39.8 Å². The van der Waals surface area contributed by atoms with Gasteiger partial charge in [-0.2, -0.15) is 4.98 Å². The number of aromatic nitrogens is 4. The molecule has 0 saturated heterocycles. The molecule has 0 unspecified atom stereocenters. The lowest BCUT2D eigenvalue weighted by Gasteiger charge is -2.39. The van der Waals surface area contributed by atoms with Gasteiger partial charge in [0.1, 0.15) is 11.5 Å². The molecule has 2 aliphatic rings. The fourth-order valence-corrected chi connectivity index (χ4v) is 9.22. The second-order valence-corrected chi connectivity index (χ2v) is 13.9. The largest absolute Gasteiger partial charge is 0.457 e. The van der Waals surface area contributed by atoms with Crippen LogP contribution in [0.4, 0.5) is 0 Å². The summed E-state index contributed by atoms with van der Waals surface area (Å²) < 4.78 is 9.20. The lowest BCUT2D eigenvalue weighted by Crippen LogP contribution is -2.32. The van der Waals surface area contributed by atoms with Gasteiger partial charge in [0.15, 0.2) is 5.65 Å². The second-order valence-electron chi connectivity index (χ2n) is 13.9. The van der Waals surface area contributed by atoms with E-state index in [1.54, 1.807) is 6.20 Å². The van der Waals surface area contributed by atoms with E-state index in [1.807, 2.05) is 24.3 Å². The van der Waals surface area contributed by atoms with Crippen molar-refractivity contribution >= 4 is 43.6 Å². The molecule has 0 atom stereocenters. The van der Waals surface area contributed by atoms with Crippen LogP contribution >= 0.6 is 0 Å². The minimum Gasteiger partial charge on any atom is -0.457 e. The highest BCUT2D eigenvalue weighted by Gasteiger charge is 2.51. The first-order valence-electron chi connectivity index (χ1n) is 17.9. The molecule has 5 nitrogen and oxygen atoms in total. The lowest BCUT2D eigenvalue weighted by atomic mass is 9.66. The molecule has 0 saturated carbocycles. The van der Waals surface area contributed by atoms with Crippen molar-refractivity contribution in [3.05, 3.63) is 192 Å². The van der Waals surface area contributed by atoms with Crippen LogP contribution in [-0.2, 0) is 5.41 Å². The van der Waals surface area contributed by atoms with Crippen molar-refractivity contribution in [2.24, 2.45) is 0 Å². The first-order valence-corrected chi connectivity index (χ1v) is 17.9. The van der Waals surface area contributed by atoms with E-state index in [9.17, 15) is 0 Å². The van der Waals surface area contributed by atoms with Gasteiger partial charge in [-0.05, 0) is 69.4 Å². The van der Waals surface area contributed by atoms with E-state index in [0.717, 1.165) is 61.1 Å². The van der Waals surface area contributed by atoms with Crippen LogP contribution in [-0.4, -0.2) is 19.5 Å². The van der Waals surface area contributed by atoms with E-state index in [1.165, 1.54) is 33.0 Å². The SMILES string of the molecule is c1ccc(-c2nc(-n3c4cc5c(cc4c4c6ccccc6ccc43)Oc3ccccc3C53c4ccccc4-c4ccccc43)nc3ncccc23)cc1. The maximum Gasteiger partial charge on any atom is 0.237 e. The topological polar surface area (TPSA) is 52.8 Å². The van der Waals surface area contributed by atoms with Gasteiger partial charge < -0.3 is 4.74 Å². The highest BCUT2D eigenvalue weighted by Crippen LogP contribution is 2.62. The number of fused-ring (bicyclic) bond motifs is 15. The minimum absolute atomic E-state index is 0.573. The molecule has 53 heavy (non-hydrogen) atoms. The Morgan fingerprint density at radius 3 is 2.02 bits per heavy atom. The Bertz CT molecular complexity index is 3120. The molecule has 10 aromatic rings. The van der Waals surface area contributed by atoms with Crippen molar-refractivity contribution < 1.29 is 4.74 Å². The smallest absolute Gasteiger partial charge is 0.237 e. The molecule has 3 aromatic heterocycles. The molecule has 7 aromatic carbocycles. The third kappa shape index (κ3) is 3.73. The number of pyridine rings is 1. The second kappa shape index (κ2) is 10.5. The van der Waals surface area contributed by atoms with E-state index in [4.69, 9.17) is 19.7 Å². The van der Waals surface area contributed by atoms with Crippen molar-refractivity contribution in [1.82, 2.24) is 19.5 Å². The molecule has 0 bridgehead atoms. The first kappa shape index (κ1) is 28.6. The minimum atomic E-state index is -0.601. The summed E-state index contributed by atoms with van der Waals surface area (Å²) in [6.45, 7) is 0. The van der Waals surface area contributed by atoms with Crippen LogP contribution in [0.5, 0.6) is 11.5 Å². The zero-order chi connectivity index (χ0) is 34.7. The molecule has 12 rings (SSSR count). The van der Waals surface area contributed by atoms with Crippen LogP contribution in [0.15, 0.2) is 170 Å². The average molecular weight is 677 g/mol. The highest BCUT2D eigenvalue weighted by atomic mass is 16.5. The standard InChI is InChI=1S/C48H28N4O/c1-2-14-30(15-3-1)45-34-19-12-26-49-46(34)51-47(50-45)52-40-25-24-29-13-4-5-16-31(29)44(40)35-27-43-39(28-41(35)52)48(38-22-10-11-23-42(38)53-43)36-20-8-6-17-32(36)33-18-7-9-21-37(33)48/h1-28H. The predicted octanol–water partition coefficient (Wildman–Crippen LogP) is 11.4. The van der Waals surface area contributed by atoms with Gasteiger partial charge in [-0.1, -0.05) is 127 Å². The van der Waals surface area contributed by atoms with E-state index >= 15 is 0 Å². The normalized spacial score (nSPS) is 13.6. The zero-order valence-corrected chi connectivity index (χ0v) is 28.4. The van der Waals surface area contributed by atoms with E-state index in [-0.39, 0.29) is 0 Å². The molecule has 0 radical (unpaired) electrons. The molecule has 246 valence electrons. The number of rotatable bonds is 2. The number of para-hydroxylation sites is 1. The van der Waals surface area contributed by atoms with Crippen molar-refractivity contribution in [1.29, 1.82) is 0 Å². The summed E-state index contributed by atoms with van der Waals surface area (Å²) in [4.78, 5) is 15.4. The first-order chi connectivity index (χ1) is 26.3. The fourth-order valence-electron chi connectivity index (χ4n) is 9.22. The van der Waals surface area contributed by atoms with Gasteiger partial charge in [0.25, 0.3) is 0 Å². The van der Waals surface area contributed by atoms with E-state index in [0.29, 0.717) is 11.6 Å². The third-order valence-electron chi connectivity index (χ3n) is 11.3. The third-order valence-corrected chi connectivity index (χ3v) is 11.3. The summed E-state index contributed by atoms with van der Waals surface area (Å²) in [5.41, 5.74) is 11.2. The monoisotopic (exact) mass is 676 g/mol. The number of nitrogens with zero attached hydrogens (tertiary/aromatic N) is 4. The number of benzene rings is 7. The van der Waals surface area contributed by atoms with Gasteiger partial charge in [0.2, 0.25) is 5.95 Å². The van der Waals surface area contributed by atoms with Gasteiger partial charge in [-0.15, -0.1) is 0 Å². The zero-order valence-electron chi connectivity index (χ0n) is 28.4. The summed E-state index contributed by atoms with van der Waals surface area (Å²) in [6.07, 6.45) is 1.80. The summed E-state index contributed by atoms with van der Waals surface area (Å²) in [5.74, 6) is 2.29. The molecule has 5 heteroatoms. The van der Waals surface area contributed by atoms with Crippen LogP contribution in [0.2, 0.25) is 0 Å². The van der Waals surface area contributed by atoms with Crippen LogP contribution in [0.3, 0.4) is 0 Å². The molecular weight excluding hydrogens is 649 g/mol. The Hall–Kier alpha value is -7.11. The van der Waals surface area contributed by atoms with Crippen LogP contribution in [0, 0.1) is 0 Å². The maximum atomic E-state index is 6.96. The molecule has 1 spiro atoms. The van der Waals surface area contributed by atoms with Crippen LogP contribution in [0.1, 0.15) is 22.3 Å². The molecule has 0 amide bonds. The summed E-state index contributed by atoms with van der Waals surface area (Å²) in [6, 6.07) is 58.1. The van der Waals surface area contributed by atoms with Crippen LogP contribution < -0.4 is 4.74 Å². The summed E-state index contributed by atoms with van der Waals surface area (Å²) >= 11 is 0. The van der Waals surface area contributed by atoms with Gasteiger partial charge >= 0.3 is 0 Å². The lowest BCUT2D eigenvalue weighted by molar-refractivity contribution is 0.437. The predicted molar refractivity (Wildman–Crippen MR) is 212 cm³/mol. The maximum absolute atomic E-state index is 6.96. The van der Waals surface area contributed by atoms with E-state index < -0.39 is 5.41 Å². The van der Waals surface area contributed by atoms with Crippen LogP contribution in [0.25, 0.3) is 71.9 Å². The number of ether oxygens (including phenoxy) is 1. The van der Waals surface area contributed by atoms with Crippen molar-refractivity contribution in [3.63, 3.8) is 0 Å². The van der Waals surface area contributed by atoms with Gasteiger partial charge in [0.05, 0.1) is 22.1 Å². The molecular formula is C48H28N4O. The Kier molecular flexibility index (Phi) is 5.64. The van der Waals surface area contributed by atoms with Gasteiger partial charge in [-0.3, -0.25) is 4.57 Å². The Balaban J connectivity index is 1.26. The van der Waals surface area contributed by atoms with Gasteiger partial charge in [-0.25, -0.2) is 9.97 Å². The average Bonchev–Trinajstić information content (AvgIpc) is 3.71. The summed E-state index contributed by atoms with van der Waals surface area (Å²) in [7, 11) is 0. The Labute approximate surface area is 304 Å². The summed E-state index contributed by atoms with van der Waals surface area (Å²) in [5, 5.41) is 5.46. The fraction of sp³-hybridized carbons (Fsp3) is 0.0208. The van der Waals surface area contributed by atoms with Crippen molar-refractivity contribution in [2.45, 2.75) is 5.41 Å². The number of hydrogen-bond acceptors (Lipinski definition) is 4. The Morgan fingerprint density at radius 2 is 1.19 bits per heavy atom. The van der Waals surface area contributed by atoms with Gasteiger partial charge in [0, 0.05) is 39.0 Å². The highest BCUT2D eigenvalue weighted by molar-refractivity contribution is 6.22. The van der Waals surface area contributed by atoms with E-state index in [2.05, 4.69) is 144 Å². The quantitative estimate of drug-likeness (QED) is 0.183.